The second kappa shape index (κ2) is 9.59. The van der Waals surface area contributed by atoms with Gasteiger partial charge in [-0.1, -0.05) is 81.4 Å². The number of benzene rings is 2. The molecule has 0 aliphatic carbocycles. The summed E-state index contributed by atoms with van der Waals surface area (Å²) < 4.78 is 0. The average molecular weight is 361 g/mol. The third kappa shape index (κ3) is 6.52. The number of rotatable bonds is 6. The van der Waals surface area contributed by atoms with Crippen LogP contribution in [0.3, 0.4) is 0 Å². The Hall–Kier alpha value is -1.84. The molecule has 0 saturated carbocycles. The van der Waals surface area contributed by atoms with Crippen molar-refractivity contribution in [3.63, 3.8) is 0 Å². The van der Waals surface area contributed by atoms with E-state index in [2.05, 4.69) is 29.6 Å². The lowest BCUT2D eigenvalue weighted by Crippen LogP contribution is -2.49. The van der Waals surface area contributed by atoms with E-state index in [1.807, 2.05) is 57.2 Å². The molecule has 3 nitrogen and oxygen atoms in total. The van der Waals surface area contributed by atoms with Crippen molar-refractivity contribution in [2.75, 3.05) is 6.54 Å². The standard InChI is InChI=1S/C21H28N2O.ClH/c1-21(2,3)19(22)20(24)23-15-18(17-12-8-5-9-13-17)14-16-10-6-4-7-11-16;/h4-13,18-19H,14-15,22H2,1-3H3,(H,23,24);1H/t18?,19-;/m1./s1. The zero-order valence-corrected chi connectivity index (χ0v) is 16.1. The van der Waals surface area contributed by atoms with Gasteiger partial charge < -0.3 is 11.1 Å². The summed E-state index contributed by atoms with van der Waals surface area (Å²) in [4.78, 5) is 12.3. The van der Waals surface area contributed by atoms with Crippen molar-refractivity contribution in [1.82, 2.24) is 5.32 Å². The van der Waals surface area contributed by atoms with Crippen LogP contribution in [0.1, 0.15) is 37.8 Å². The fraction of sp³-hybridized carbons (Fsp3) is 0.381. The van der Waals surface area contributed by atoms with Crippen LogP contribution < -0.4 is 11.1 Å². The first-order chi connectivity index (χ1) is 11.4. The van der Waals surface area contributed by atoms with Gasteiger partial charge in [-0.25, -0.2) is 0 Å². The van der Waals surface area contributed by atoms with Gasteiger partial charge in [-0.05, 0) is 23.0 Å². The Morgan fingerprint density at radius 2 is 1.52 bits per heavy atom. The van der Waals surface area contributed by atoms with E-state index < -0.39 is 6.04 Å². The molecule has 0 saturated heterocycles. The van der Waals surface area contributed by atoms with E-state index in [1.165, 1.54) is 11.1 Å². The topological polar surface area (TPSA) is 55.1 Å². The van der Waals surface area contributed by atoms with Crippen LogP contribution in [0.25, 0.3) is 0 Å². The van der Waals surface area contributed by atoms with E-state index >= 15 is 0 Å². The number of hydrogen-bond acceptors (Lipinski definition) is 2. The minimum atomic E-state index is -0.509. The van der Waals surface area contributed by atoms with Gasteiger partial charge in [0.15, 0.2) is 0 Å². The summed E-state index contributed by atoms with van der Waals surface area (Å²) in [5.74, 6) is 0.140. The molecule has 2 aromatic carbocycles. The Morgan fingerprint density at radius 1 is 1.00 bits per heavy atom. The minimum Gasteiger partial charge on any atom is -0.354 e. The molecule has 1 amide bonds. The minimum absolute atomic E-state index is 0. The fourth-order valence-electron chi connectivity index (χ4n) is 2.66. The number of carbonyl (C=O) groups excluding carboxylic acids is 1. The molecule has 0 aliphatic rings. The number of carbonyl (C=O) groups is 1. The van der Waals surface area contributed by atoms with Gasteiger partial charge in [-0.15, -0.1) is 12.4 Å². The maximum Gasteiger partial charge on any atom is 0.237 e. The largest absolute Gasteiger partial charge is 0.354 e. The highest BCUT2D eigenvalue weighted by Gasteiger charge is 2.27. The third-order valence-electron chi connectivity index (χ3n) is 4.33. The lowest BCUT2D eigenvalue weighted by Gasteiger charge is -2.27. The van der Waals surface area contributed by atoms with Crippen molar-refractivity contribution < 1.29 is 4.79 Å². The van der Waals surface area contributed by atoms with Crippen LogP contribution in [0.4, 0.5) is 0 Å². The van der Waals surface area contributed by atoms with Crippen molar-refractivity contribution in [3.8, 4) is 0 Å². The molecule has 136 valence electrons. The Balaban J connectivity index is 0.00000312. The van der Waals surface area contributed by atoms with E-state index in [-0.39, 0.29) is 29.6 Å². The monoisotopic (exact) mass is 360 g/mol. The number of nitrogens with two attached hydrogens (primary N) is 1. The molecule has 2 aromatic rings. The molecule has 0 heterocycles. The highest BCUT2D eigenvalue weighted by Crippen LogP contribution is 2.21. The van der Waals surface area contributed by atoms with Gasteiger partial charge in [0.25, 0.3) is 0 Å². The van der Waals surface area contributed by atoms with E-state index in [0.29, 0.717) is 6.54 Å². The van der Waals surface area contributed by atoms with Crippen molar-refractivity contribution in [1.29, 1.82) is 0 Å². The zero-order chi connectivity index (χ0) is 17.6. The third-order valence-corrected chi connectivity index (χ3v) is 4.33. The summed E-state index contributed by atoms with van der Waals surface area (Å²) in [7, 11) is 0. The maximum absolute atomic E-state index is 12.3. The van der Waals surface area contributed by atoms with E-state index in [4.69, 9.17) is 5.73 Å². The van der Waals surface area contributed by atoms with Crippen molar-refractivity contribution in [2.24, 2.45) is 11.1 Å². The van der Waals surface area contributed by atoms with Gasteiger partial charge in [0.05, 0.1) is 6.04 Å². The lowest BCUT2D eigenvalue weighted by molar-refractivity contribution is -0.124. The molecule has 0 radical (unpaired) electrons. The molecule has 3 N–H and O–H groups in total. The second-order valence-corrected chi connectivity index (χ2v) is 7.39. The first-order valence-electron chi connectivity index (χ1n) is 8.50. The van der Waals surface area contributed by atoms with E-state index in [1.54, 1.807) is 0 Å². The Labute approximate surface area is 157 Å². The van der Waals surface area contributed by atoms with E-state index in [0.717, 1.165) is 6.42 Å². The molecule has 0 bridgehead atoms. The molecule has 0 aromatic heterocycles. The second-order valence-electron chi connectivity index (χ2n) is 7.39. The molecular weight excluding hydrogens is 332 g/mol. The molecule has 0 fully saturated rings. The van der Waals surface area contributed by atoms with Gasteiger partial charge in [0.2, 0.25) is 5.91 Å². The molecule has 0 spiro atoms. The highest BCUT2D eigenvalue weighted by molar-refractivity contribution is 5.85. The quantitative estimate of drug-likeness (QED) is 0.820. The van der Waals surface area contributed by atoms with Crippen LogP contribution in [0.5, 0.6) is 0 Å². The van der Waals surface area contributed by atoms with Gasteiger partial charge in [-0.3, -0.25) is 4.79 Å². The summed E-state index contributed by atoms with van der Waals surface area (Å²) in [5.41, 5.74) is 8.31. The lowest BCUT2D eigenvalue weighted by atomic mass is 9.86. The average Bonchev–Trinajstić information content (AvgIpc) is 2.58. The van der Waals surface area contributed by atoms with Crippen LogP contribution in [-0.2, 0) is 11.2 Å². The van der Waals surface area contributed by atoms with Crippen molar-refractivity contribution in [3.05, 3.63) is 71.8 Å². The molecule has 0 aliphatic heterocycles. The van der Waals surface area contributed by atoms with Crippen LogP contribution in [0.2, 0.25) is 0 Å². The number of hydrogen-bond donors (Lipinski definition) is 2. The molecule has 4 heteroatoms. The van der Waals surface area contributed by atoms with Crippen LogP contribution >= 0.6 is 12.4 Å². The summed E-state index contributed by atoms with van der Waals surface area (Å²) in [6, 6.07) is 20.2. The maximum atomic E-state index is 12.3. The number of amides is 1. The first kappa shape index (κ1) is 21.2. The van der Waals surface area contributed by atoms with Crippen molar-refractivity contribution in [2.45, 2.75) is 39.2 Å². The molecule has 25 heavy (non-hydrogen) atoms. The molecular formula is C21H29ClN2O. The predicted molar refractivity (Wildman–Crippen MR) is 107 cm³/mol. The van der Waals surface area contributed by atoms with Gasteiger partial charge in [0.1, 0.15) is 0 Å². The molecule has 1 unspecified atom stereocenters. The Kier molecular flexibility index (Phi) is 8.14. The van der Waals surface area contributed by atoms with Crippen LogP contribution in [0, 0.1) is 5.41 Å². The summed E-state index contributed by atoms with van der Waals surface area (Å²) in [6.07, 6.45) is 0.885. The van der Waals surface area contributed by atoms with Gasteiger partial charge in [0, 0.05) is 12.5 Å². The summed E-state index contributed by atoms with van der Waals surface area (Å²) in [5, 5.41) is 3.04. The smallest absolute Gasteiger partial charge is 0.237 e. The Bertz CT molecular complexity index is 638. The number of nitrogens with one attached hydrogen (secondary N) is 1. The normalized spacial score (nSPS) is 13.4. The van der Waals surface area contributed by atoms with Crippen molar-refractivity contribution >= 4 is 18.3 Å². The predicted octanol–water partition coefficient (Wildman–Crippen LogP) is 3.92. The molecule has 2 atom stereocenters. The number of halogens is 1. The fourth-order valence-corrected chi connectivity index (χ4v) is 2.66. The zero-order valence-electron chi connectivity index (χ0n) is 15.2. The first-order valence-corrected chi connectivity index (χ1v) is 8.50. The highest BCUT2D eigenvalue weighted by atomic mass is 35.5. The van der Waals surface area contributed by atoms with Gasteiger partial charge in [-0.2, -0.15) is 0 Å². The van der Waals surface area contributed by atoms with Gasteiger partial charge >= 0.3 is 0 Å². The molecule has 2 rings (SSSR count). The summed E-state index contributed by atoms with van der Waals surface area (Å²) in [6.45, 7) is 6.53. The Morgan fingerprint density at radius 3 is 2.04 bits per heavy atom. The summed E-state index contributed by atoms with van der Waals surface area (Å²) >= 11 is 0. The van der Waals surface area contributed by atoms with Crippen LogP contribution in [0.15, 0.2) is 60.7 Å². The van der Waals surface area contributed by atoms with Crippen LogP contribution in [-0.4, -0.2) is 18.5 Å². The van der Waals surface area contributed by atoms with E-state index in [9.17, 15) is 4.79 Å². The SMILES string of the molecule is CC(C)(C)[C@H](N)C(=O)NCC(Cc1ccccc1)c1ccccc1.Cl.